The lowest BCUT2D eigenvalue weighted by Crippen LogP contribution is -2.48. The number of carbonyl (C=O) groups is 2. The highest BCUT2D eigenvalue weighted by Crippen LogP contribution is 2.11. The molecule has 2 N–H and O–H groups in total. The first-order chi connectivity index (χ1) is 4.70. The molecule has 0 bridgehead atoms. The molecule has 1 aliphatic heterocycles. The number of carboxylic acid groups (broad SMARTS) is 1. The quantitative estimate of drug-likeness (QED) is 0.528. The molecule has 1 amide bonds. The van der Waals surface area contributed by atoms with Crippen LogP contribution >= 0.6 is 0 Å². The lowest BCUT2D eigenvalue weighted by atomic mass is 9.96. The van der Waals surface area contributed by atoms with Gasteiger partial charge in [0.1, 0.15) is 0 Å². The Bertz CT molecular complexity index is 166. The van der Waals surface area contributed by atoms with Crippen molar-refractivity contribution in [2.75, 3.05) is 6.54 Å². The largest absolute Gasteiger partial charge is 0.481 e. The lowest BCUT2D eigenvalue weighted by molar-refractivity contribution is -0.138. The molecule has 1 unspecified atom stereocenters. The first-order valence-electron chi connectivity index (χ1n) is 3.19. The first kappa shape index (κ1) is 7.05. The number of carboxylic acids is 1. The zero-order chi connectivity index (χ0) is 7.56. The van der Waals surface area contributed by atoms with Gasteiger partial charge >= 0.3 is 5.97 Å². The van der Waals surface area contributed by atoms with Gasteiger partial charge in [-0.2, -0.15) is 0 Å². The summed E-state index contributed by atoms with van der Waals surface area (Å²) in [6.45, 7) is 0.645. The van der Waals surface area contributed by atoms with Gasteiger partial charge in [-0.15, -0.1) is 0 Å². The third-order valence-corrected chi connectivity index (χ3v) is 1.60. The molecular weight excluding hydrogens is 134 g/mol. The molecule has 0 aromatic rings. The third-order valence-electron chi connectivity index (χ3n) is 1.60. The fourth-order valence-electron chi connectivity index (χ4n) is 0.861. The van der Waals surface area contributed by atoms with Gasteiger partial charge in [-0.3, -0.25) is 9.59 Å². The standard InChI is InChI=1S/C6H9NO3/c8-5(9)2-1-4-3-7-6(4)10/h4H,1-3H2,(H,7,10)(H,8,9). The molecule has 1 heterocycles. The highest BCUT2D eigenvalue weighted by Gasteiger charge is 2.27. The second kappa shape index (κ2) is 2.68. The van der Waals surface area contributed by atoms with Crippen LogP contribution in [-0.4, -0.2) is 23.5 Å². The van der Waals surface area contributed by atoms with Crippen molar-refractivity contribution in [3.05, 3.63) is 0 Å². The van der Waals surface area contributed by atoms with Gasteiger partial charge in [-0.1, -0.05) is 0 Å². The molecule has 0 aliphatic carbocycles. The molecule has 56 valence electrons. The molecule has 0 spiro atoms. The van der Waals surface area contributed by atoms with Gasteiger partial charge in [-0.25, -0.2) is 0 Å². The Morgan fingerprint density at radius 3 is 2.80 bits per heavy atom. The number of aliphatic carboxylic acids is 1. The van der Waals surface area contributed by atoms with Crippen LogP contribution < -0.4 is 5.32 Å². The van der Waals surface area contributed by atoms with Crippen molar-refractivity contribution < 1.29 is 14.7 Å². The average Bonchev–Trinajstić information content (AvgIpc) is 1.84. The van der Waals surface area contributed by atoms with E-state index in [1.54, 1.807) is 0 Å². The molecule has 10 heavy (non-hydrogen) atoms. The van der Waals surface area contributed by atoms with Gasteiger partial charge in [0.25, 0.3) is 0 Å². The van der Waals surface area contributed by atoms with Gasteiger partial charge in [-0.05, 0) is 6.42 Å². The van der Waals surface area contributed by atoms with E-state index in [1.807, 2.05) is 0 Å². The van der Waals surface area contributed by atoms with E-state index in [2.05, 4.69) is 5.32 Å². The maximum Gasteiger partial charge on any atom is 0.303 e. The minimum Gasteiger partial charge on any atom is -0.481 e. The van der Waals surface area contributed by atoms with Gasteiger partial charge in [0.15, 0.2) is 0 Å². The molecule has 1 aliphatic rings. The van der Waals surface area contributed by atoms with E-state index >= 15 is 0 Å². The van der Waals surface area contributed by atoms with Crippen LogP contribution in [0.25, 0.3) is 0 Å². The summed E-state index contributed by atoms with van der Waals surface area (Å²) >= 11 is 0. The van der Waals surface area contributed by atoms with Crippen molar-refractivity contribution in [2.24, 2.45) is 5.92 Å². The fourth-order valence-corrected chi connectivity index (χ4v) is 0.861. The molecule has 0 aromatic carbocycles. The molecule has 0 aromatic heterocycles. The van der Waals surface area contributed by atoms with Gasteiger partial charge in [0, 0.05) is 13.0 Å². The summed E-state index contributed by atoms with van der Waals surface area (Å²) in [5, 5.41) is 10.8. The van der Waals surface area contributed by atoms with Crippen LogP contribution in [0.1, 0.15) is 12.8 Å². The zero-order valence-corrected chi connectivity index (χ0v) is 5.46. The van der Waals surface area contributed by atoms with E-state index in [1.165, 1.54) is 0 Å². The van der Waals surface area contributed by atoms with Crippen LogP contribution in [0.5, 0.6) is 0 Å². The summed E-state index contributed by atoms with van der Waals surface area (Å²) in [4.78, 5) is 20.6. The van der Waals surface area contributed by atoms with Gasteiger partial charge < -0.3 is 10.4 Å². The lowest BCUT2D eigenvalue weighted by Gasteiger charge is -2.24. The second-order valence-electron chi connectivity index (χ2n) is 2.37. The van der Waals surface area contributed by atoms with Crippen molar-refractivity contribution >= 4 is 11.9 Å². The molecule has 1 rings (SSSR count). The number of hydrogen-bond acceptors (Lipinski definition) is 2. The maximum absolute atomic E-state index is 10.5. The van der Waals surface area contributed by atoms with Crippen molar-refractivity contribution in [3.63, 3.8) is 0 Å². The van der Waals surface area contributed by atoms with Crippen LogP contribution in [0, 0.1) is 5.92 Å². The SMILES string of the molecule is O=C(O)CCC1CNC1=O. The molecular formula is C6H9NO3. The number of hydrogen-bond donors (Lipinski definition) is 2. The number of β-lactam (4-membered cyclic amide) rings is 1. The van der Waals surface area contributed by atoms with E-state index in [0.29, 0.717) is 13.0 Å². The number of rotatable bonds is 3. The molecule has 4 nitrogen and oxygen atoms in total. The predicted octanol–water partition coefficient (Wildman–Crippen LogP) is -0.403. The molecule has 1 fully saturated rings. The van der Waals surface area contributed by atoms with Crippen LogP contribution in [0.2, 0.25) is 0 Å². The zero-order valence-electron chi connectivity index (χ0n) is 5.46. The Morgan fingerprint density at radius 1 is 1.80 bits per heavy atom. The Kier molecular flexibility index (Phi) is 1.89. The molecule has 1 saturated heterocycles. The summed E-state index contributed by atoms with van der Waals surface area (Å²) in [7, 11) is 0. The second-order valence-corrected chi connectivity index (χ2v) is 2.37. The molecule has 4 heteroatoms. The number of carbonyl (C=O) groups excluding carboxylic acids is 1. The predicted molar refractivity (Wildman–Crippen MR) is 33.4 cm³/mol. The van der Waals surface area contributed by atoms with Gasteiger partial charge in [0.05, 0.1) is 5.92 Å². The summed E-state index contributed by atoms with van der Waals surface area (Å²) in [6, 6.07) is 0. The summed E-state index contributed by atoms with van der Waals surface area (Å²) in [5.41, 5.74) is 0. The minimum atomic E-state index is -0.834. The Balaban J connectivity index is 2.14. The maximum atomic E-state index is 10.5. The number of amides is 1. The topological polar surface area (TPSA) is 66.4 Å². The minimum absolute atomic E-state index is 0.0127. The van der Waals surface area contributed by atoms with Crippen LogP contribution in [0.15, 0.2) is 0 Å². The normalized spacial score (nSPS) is 23.2. The van der Waals surface area contributed by atoms with E-state index < -0.39 is 5.97 Å². The van der Waals surface area contributed by atoms with E-state index in [-0.39, 0.29) is 18.2 Å². The highest BCUT2D eigenvalue weighted by molar-refractivity contribution is 5.84. The monoisotopic (exact) mass is 143 g/mol. The number of nitrogens with one attached hydrogen (secondary N) is 1. The third kappa shape index (κ3) is 1.46. The van der Waals surface area contributed by atoms with E-state index in [4.69, 9.17) is 5.11 Å². The van der Waals surface area contributed by atoms with E-state index in [0.717, 1.165) is 0 Å². The van der Waals surface area contributed by atoms with Crippen LogP contribution in [0.4, 0.5) is 0 Å². The van der Waals surface area contributed by atoms with Crippen molar-refractivity contribution in [3.8, 4) is 0 Å². The molecule has 0 radical (unpaired) electrons. The summed E-state index contributed by atoms with van der Waals surface area (Å²) in [6.07, 6.45) is 0.569. The van der Waals surface area contributed by atoms with E-state index in [9.17, 15) is 9.59 Å². The van der Waals surface area contributed by atoms with Crippen LogP contribution in [0.3, 0.4) is 0 Å². The first-order valence-corrected chi connectivity index (χ1v) is 3.19. The van der Waals surface area contributed by atoms with Gasteiger partial charge in [0.2, 0.25) is 5.91 Å². The van der Waals surface area contributed by atoms with Crippen molar-refractivity contribution in [2.45, 2.75) is 12.8 Å². The Morgan fingerprint density at radius 2 is 2.50 bits per heavy atom. The molecule has 1 atom stereocenters. The summed E-state index contributed by atoms with van der Waals surface area (Å²) < 4.78 is 0. The smallest absolute Gasteiger partial charge is 0.303 e. The Labute approximate surface area is 58.2 Å². The van der Waals surface area contributed by atoms with Crippen molar-refractivity contribution in [1.82, 2.24) is 5.32 Å². The fraction of sp³-hybridized carbons (Fsp3) is 0.667. The Hall–Kier alpha value is -1.06. The molecule has 0 saturated carbocycles. The highest BCUT2D eigenvalue weighted by atomic mass is 16.4. The van der Waals surface area contributed by atoms with Crippen molar-refractivity contribution in [1.29, 1.82) is 0 Å². The average molecular weight is 143 g/mol. The van der Waals surface area contributed by atoms with Crippen LogP contribution in [-0.2, 0) is 9.59 Å². The summed E-state index contributed by atoms with van der Waals surface area (Å²) in [5.74, 6) is -0.892.